The van der Waals surface area contributed by atoms with Gasteiger partial charge in [-0.05, 0) is 37.0 Å². The first kappa shape index (κ1) is 27.0. The molecule has 9 heteroatoms. The first-order chi connectivity index (χ1) is 18.2. The molecular weight excluding hydrogens is 568 g/mol. The van der Waals surface area contributed by atoms with Gasteiger partial charge in [0.25, 0.3) is 5.91 Å². The van der Waals surface area contributed by atoms with Crippen molar-refractivity contribution in [1.82, 2.24) is 4.90 Å². The van der Waals surface area contributed by atoms with Gasteiger partial charge in [0.1, 0.15) is 6.04 Å². The van der Waals surface area contributed by atoms with Gasteiger partial charge >= 0.3 is 5.97 Å². The third kappa shape index (κ3) is 3.93. The highest BCUT2D eigenvalue weighted by Crippen LogP contribution is 2.68. The van der Waals surface area contributed by atoms with E-state index in [4.69, 9.17) is 0 Å². The number of aliphatic hydroxyl groups is 1. The second-order valence-corrected chi connectivity index (χ2v) is 13.1. The molecule has 2 aromatic rings. The number of aliphatic hydroxyl groups excluding tert-OH is 1. The van der Waals surface area contributed by atoms with Crippen LogP contribution in [0.4, 0.5) is 5.69 Å². The molecule has 2 amide bonds. The molecule has 2 N–H and O–H groups in total. The van der Waals surface area contributed by atoms with E-state index in [1.54, 1.807) is 11.0 Å². The summed E-state index contributed by atoms with van der Waals surface area (Å²) in [5, 5.41) is 20.5. The Balaban J connectivity index is 1.70. The smallest absolute Gasteiger partial charge is 0.308 e. The number of aryl methyl sites for hydroxylation is 2. The third-order valence-corrected chi connectivity index (χ3v) is 11.4. The Morgan fingerprint density at radius 1 is 1.21 bits per heavy atom. The number of alkyl halides is 1. The van der Waals surface area contributed by atoms with Crippen LogP contribution in [0.25, 0.3) is 0 Å². The second kappa shape index (κ2) is 10.2. The van der Waals surface area contributed by atoms with E-state index < -0.39 is 41.2 Å². The number of rotatable bonds is 8. The zero-order chi connectivity index (χ0) is 27.4. The molecule has 0 saturated carbocycles. The predicted octanol–water partition coefficient (Wildman–Crippen LogP) is 4.11. The minimum Gasteiger partial charge on any atom is -0.481 e. The van der Waals surface area contributed by atoms with E-state index >= 15 is 0 Å². The van der Waals surface area contributed by atoms with Crippen molar-refractivity contribution >= 4 is 51.2 Å². The van der Waals surface area contributed by atoms with E-state index in [2.05, 4.69) is 22.5 Å². The summed E-state index contributed by atoms with van der Waals surface area (Å²) in [7, 11) is 0. The van der Waals surface area contributed by atoms with Crippen molar-refractivity contribution in [2.75, 3.05) is 18.1 Å². The van der Waals surface area contributed by atoms with Gasteiger partial charge in [-0.25, -0.2) is 0 Å². The van der Waals surface area contributed by atoms with Gasteiger partial charge in [0.05, 0.1) is 29.2 Å². The minimum atomic E-state index is -1.03. The first-order valence-corrected chi connectivity index (χ1v) is 14.5. The van der Waals surface area contributed by atoms with Gasteiger partial charge in [0.2, 0.25) is 5.91 Å². The van der Waals surface area contributed by atoms with E-state index in [9.17, 15) is 24.6 Å². The van der Waals surface area contributed by atoms with Crippen LogP contribution in [0.5, 0.6) is 0 Å². The molecule has 0 radical (unpaired) electrons. The maximum Gasteiger partial charge on any atom is 0.308 e. The molecule has 0 aliphatic carbocycles. The molecule has 7 atom stereocenters. The van der Waals surface area contributed by atoms with Crippen molar-refractivity contribution in [1.29, 1.82) is 0 Å². The standard InChI is InChI=1S/C29H31BrN2O5S/c1-4-13-31(23-16(2)9-8-10-17(23)3)27(35)25-29-14-19(30)24(38-29)21(28(36)37)22(29)26(34)32(25)20(15-33)18-11-6-5-7-12-18/h4-12,19-22,24-25,33H,1,13-15H2,2-3H3,(H,36,37)/t19?,20-,21+,22+,24+,25?,29?/m1/s1. The van der Waals surface area contributed by atoms with Gasteiger partial charge in [-0.1, -0.05) is 70.5 Å². The number of carbonyl (C=O) groups excluding carboxylic acids is 2. The number of hydrogen-bond donors (Lipinski definition) is 2. The van der Waals surface area contributed by atoms with E-state index in [1.165, 1.54) is 16.7 Å². The molecule has 3 unspecified atom stereocenters. The molecule has 2 bridgehead atoms. The number of benzene rings is 2. The second-order valence-electron chi connectivity index (χ2n) is 10.3. The highest BCUT2D eigenvalue weighted by atomic mass is 79.9. The van der Waals surface area contributed by atoms with Crippen LogP contribution in [0.1, 0.15) is 29.2 Å². The first-order valence-electron chi connectivity index (χ1n) is 12.7. The molecule has 3 saturated heterocycles. The fraction of sp³-hybridized carbons (Fsp3) is 0.414. The van der Waals surface area contributed by atoms with Crippen LogP contribution in [-0.4, -0.2) is 66.9 Å². The van der Waals surface area contributed by atoms with Crippen LogP contribution in [0.15, 0.2) is 61.2 Å². The fourth-order valence-electron chi connectivity index (χ4n) is 6.79. The molecule has 2 aromatic carbocycles. The average molecular weight is 600 g/mol. The Morgan fingerprint density at radius 3 is 2.45 bits per heavy atom. The van der Waals surface area contributed by atoms with Crippen molar-refractivity contribution in [2.45, 2.75) is 47.2 Å². The lowest BCUT2D eigenvalue weighted by Gasteiger charge is -2.40. The molecular formula is C29H31BrN2O5S. The molecule has 3 fully saturated rings. The third-order valence-electron chi connectivity index (χ3n) is 8.23. The van der Waals surface area contributed by atoms with E-state index in [1.807, 2.05) is 62.4 Å². The molecule has 3 aliphatic rings. The van der Waals surface area contributed by atoms with Crippen LogP contribution in [-0.2, 0) is 14.4 Å². The maximum absolute atomic E-state index is 14.8. The topological polar surface area (TPSA) is 98.2 Å². The number of anilines is 1. The Hall–Kier alpha value is -2.62. The number of aliphatic carboxylic acids is 1. The number of likely N-dealkylation sites (tertiary alicyclic amines) is 1. The summed E-state index contributed by atoms with van der Waals surface area (Å²) in [5.41, 5.74) is 3.28. The summed E-state index contributed by atoms with van der Waals surface area (Å²) in [5.74, 6) is -3.48. The lowest BCUT2D eigenvalue weighted by molar-refractivity contribution is -0.149. The maximum atomic E-state index is 14.8. The molecule has 5 rings (SSSR count). The van der Waals surface area contributed by atoms with E-state index in [-0.39, 0.29) is 28.4 Å². The van der Waals surface area contributed by atoms with Crippen molar-refractivity contribution in [3.05, 3.63) is 77.9 Å². The highest BCUT2D eigenvalue weighted by molar-refractivity contribution is 9.09. The number of thioether (sulfide) groups is 1. The van der Waals surface area contributed by atoms with Gasteiger partial charge in [0, 0.05) is 22.3 Å². The molecule has 0 aromatic heterocycles. The number of carboxylic acids is 1. The largest absolute Gasteiger partial charge is 0.481 e. The number of fused-ring (bicyclic) bond motifs is 1. The summed E-state index contributed by atoms with van der Waals surface area (Å²) in [6.45, 7) is 7.60. The lowest BCUT2D eigenvalue weighted by Crippen LogP contribution is -2.56. The molecule has 38 heavy (non-hydrogen) atoms. The Bertz CT molecular complexity index is 1270. The minimum absolute atomic E-state index is 0.148. The van der Waals surface area contributed by atoms with Crippen molar-refractivity contribution in [3.63, 3.8) is 0 Å². The zero-order valence-electron chi connectivity index (χ0n) is 21.3. The number of carboxylic acid groups (broad SMARTS) is 1. The Labute approximate surface area is 235 Å². The highest BCUT2D eigenvalue weighted by Gasteiger charge is 2.76. The Kier molecular flexibility index (Phi) is 7.22. The summed E-state index contributed by atoms with van der Waals surface area (Å²) < 4.78 is -0.936. The molecule has 1 spiro atoms. The zero-order valence-corrected chi connectivity index (χ0v) is 23.7. The summed E-state index contributed by atoms with van der Waals surface area (Å²) in [4.78, 5) is 44.6. The van der Waals surface area contributed by atoms with Crippen LogP contribution in [0, 0.1) is 25.7 Å². The van der Waals surface area contributed by atoms with Gasteiger partial charge in [0.15, 0.2) is 0 Å². The van der Waals surface area contributed by atoms with Crippen molar-refractivity contribution < 1.29 is 24.6 Å². The van der Waals surface area contributed by atoms with Crippen LogP contribution < -0.4 is 4.90 Å². The number of hydrogen-bond acceptors (Lipinski definition) is 5. The quantitative estimate of drug-likeness (QED) is 0.350. The lowest BCUT2D eigenvalue weighted by atomic mass is 9.71. The molecule has 200 valence electrons. The number of halogens is 1. The number of amides is 2. The molecule has 3 aliphatic heterocycles. The number of para-hydroxylation sites is 1. The summed E-state index contributed by atoms with van der Waals surface area (Å²) >= 11 is 5.14. The summed E-state index contributed by atoms with van der Waals surface area (Å²) in [6.07, 6.45) is 2.14. The van der Waals surface area contributed by atoms with Gasteiger partial charge in [-0.3, -0.25) is 14.4 Å². The normalized spacial score (nSPS) is 30.3. The van der Waals surface area contributed by atoms with Crippen LogP contribution in [0.3, 0.4) is 0 Å². The van der Waals surface area contributed by atoms with Crippen molar-refractivity contribution in [2.24, 2.45) is 11.8 Å². The van der Waals surface area contributed by atoms with Gasteiger partial charge in [-0.15, -0.1) is 18.3 Å². The van der Waals surface area contributed by atoms with Crippen LogP contribution >= 0.6 is 27.7 Å². The number of carbonyl (C=O) groups is 3. The number of nitrogens with zero attached hydrogens (tertiary/aromatic N) is 2. The monoisotopic (exact) mass is 598 g/mol. The van der Waals surface area contributed by atoms with Gasteiger partial charge in [-0.2, -0.15) is 0 Å². The van der Waals surface area contributed by atoms with E-state index in [0.29, 0.717) is 12.0 Å². The fourth-order valence-corrected chi connectivity index (χ4v) is 10.4. The molecule has 7 nitrogen and oxygen atoms in total. The molecule has 3 heterocycles. The SMILES string of the molecule is C=CCN(C(=O)C1N([C@H](CO)c2ccccc2)C(=O)[C@@H]2[C@H](C(=O)O)[C@H]3SC12CC3Br)c1c(C)cccc1C. The Morgan fingerprint density at radius 2 is 1.87 bits per heavy atom. The van der Waals surface area contributed by atoms with E-state index in [0.717, 1.165) is 16.8 Å². The van der Waals surface area contributed by atoms with Crippen molar-refractivity contribution in [3.8, 4) is 0 Å². The average Bonchev–Trinajstić information content (AvgIpc) is 3.48. The van der Waals surface area contributed by atoms with Gasteiger partial charge < -0.3 is 20.0 Å². The summed E-state index contributed by atoms with van der Waals surface area (Å²) in [6, 6.07) is 13.2. The predicted molar refractivity (Wildman–Crippen MR) is 151 cm³/mol. The van der Waals surface area contributed by atoms with Crippen LogP contribution in [0.2, 0.25) is 0 Å².